The first-order valence-electron chi connectivity index (χ1n) is 7.91. The molecule has 2 aliphatic rings. The third kappa shape index (κ3) is 3.55. The van der Waals surface area contributed by atoms with Gasteiger partial charge >= 0.3 is 6.18 Å². The van der Waals surface area contributed by atoms with Crippen molar-refractivity contribution < 1.29 is 27.5 Å². The minimum atomic E-state index is -4.52. The lowest BCUT2D eigenvalue weighted by Crippen LogP contribution is -2.38. The Morgan fingerprint density at radius 2 is 1.88 bits per heavy atom. The van der Waals surface area contributed by atoms with Crippen LogP contribution in [-0.2, 0) is 20.5 Å². The number of rotatable bonds is 3. The molecule has 6 nitrogen and oxygen atoms in total. The summed E-state index contributed by atoms with van der Waals surface area (Å²) in [7, 11) is 0. The highest BCUT2D eigenvalue weighted by atomic mass is 19.4. The van der Waals surface area contributed by atoms with E-state index in [0.29, 0.717) is 32.0 Å². The molecule has 25 heavy (non-hydrogen) atoms. The molecule has 2 amide bonds. The van der Waals surface area contributed by atoms with Gasteiger partial charge in [-0.2, -0.15) is 13.2 Å². The summed E-state index contributed by atoms with van der Waals surface area (Å²) in [5.41, 5.74) is 5.10. The Morgan fingerprint density at radius 3 is 2.44 bits per heavy atom. The SMILES string of the molecule is NC(=O)[C@@H]1CC(=O)N(c2cc(C(F)(F)F)ccc2N2CCOCC2)C1. The Balaban J connectivity index is 2.01. The molecular weight excluding hydrogens is 339 g/mol. The summed E-state index contributed by atoms with van der Waals surface area (Å²) in [5.74, 6) is -1.73. The molecule has 0 unspecified atom stereocenters. The molecule has 2 saturated heterocycles. The summed E-state index contributed by atoms with van der Waals surface area (Å²) in [6.07, 6.45) is -4.61. The highest BCUT2D eigenvalue weighted by Crippen LogP contribution is 2.39. The predicted octanol–water partition coefficient (Wildman–Crippen LogP) is 1.38. The van der Waals surface area contributed by atoms with Crippen molar-refractivity contribution in [1.82, 2.24) is 0 Å². The summed E-state index contributed by atoms with van der Waals surface area (Å²) in [4.78, 5) is 26.8. The van der Waals surface area contributed by atoms with Crippen LogP contribution in [0, 0.1) is 5.92 Å². The van der Waals surface area contributed by atoms with Gasteiger partial charge in [-0.3, -0.25) is 9.59 Å². The fourth-order valence-corrected chi connectivity index (χ4v) is 3.12. The Hall–Kier alpha value is -2.29. The highest BCUT2D eigenvalue weighted by molar-refractivity contribution is 6.02. The van der Waals surface area contributed by atoms with Gasteiger partial charge < -0.3 is 20.3 Å². The van der Waals surface area contributed by atoms with Crippen LogP contribution in [0.1, 0.15) is 12.0 Å². The molecule has 1 aromatic carbocycles. The minimum absolute atomic E-state index is 0.00713. The molecule has 0 spiro atoms. The number of primary amides is 1. The molecule has 0 bridgehead atoms. The number of anilines is 2. The molecular formula is C16H18F3N3O3. The number of benzene rings is 1. The first-order chi connectivity index (χ1) is 11.8. The third-order valence-corrected chi connectivity index (χ3v) is 4.47. The zero-order valence-electron chi connectivity index (χ0n) is 13.4. The molecule has 2 fully saturated rings. The van der Waals surface area contributed by atoms with Gasteiger partial charge in [0.2, 0.25) is 11.8 Å². The lowest BCUT2D eigenvalue weighted by molar-refractivity contribution is -0.137. The zero-order chi connectivity index (χ0) is 18.2. The van der Waals surface area contributed by atoms with E-state index in [2.05, 4.69) is 0 Å². The molecule has 2 N–H and O–H groups in total. The van der Waals surface area contributed by atoms with Gasteiger partial charge in [-0.15, -0.1) is 0 Å². The van der Waals surface area contributed by atoms with E-state index in [9.17, 15) is 22.8 Å². The molecule has 9 heteroatoms. The topological polar surface area (TPSA) is 75.9 Å². The average molecular weight is 357 g/mol. The molecule has 3 rings (SSSR count). The van der Waals surface area contributed by atoms with Crippen LogP contribution in [0.2, 0.25) is 0 Å². The van der Waals surface area contributed by atoms with Crippen LogP contribution in [-0.4, -0.2) is 44.7 Å². The van der Waals surface area contributed by atoms with Crippen molar-refractivity contribution >= 4 is 23.2 Å². The molecule has 2 aliphatic heterocycles. The van der Waals surface area contributed by atoms with Gasteiger partial charge in [-0.05, 0) is 18.2 Å². The van der Waals surface area contributed by atoms with E-state index in [4.69, 9.17) is 10.5 Å². The lowest BCUT2D eigenvalue weighted by Gasteiger charge is -2.33. The molecule has 2 heterocycles. The number of nitrogens with two attached hydrogens (primary N) is 1. The van der Waals surface area contributed by atoms with Crippen molar-refractivity contribution in [2.75, 3.05) is 42.6 Å². The zero-order valence-corrected chi connectivity index (χ0v) is 13.4. The monoisotopic (exact) mass is 357 g/mol. The van der Waals surface area contributed by atoms with E-state index in [-0.39, 0.29) is 18.7 Å². The van der Waals surface area contributed by atoms with Crippen molar-refractivity contribution in [2.24, 2.45) is 11.7 Å². The van der Waals surface area contributed by atoms with Crippen LogP contribution >= 0.6 is 0 Å². The Morgan fingerprint density at radius 1 is 1.20 bits per heavy atom. The molecule has 0 aromatic heterocycles. The highest BCUT2D eigenvalue weighted by Gasteiger charge is 2.38. The van der Waals surface area contributed by atoms with Crippen molar-refractivity contribution in [3.63, 3.8) is 0 Å². The van der Waals surface area contributed by atoms with Crippen LogP contribution in [0.4, 0.5) is 24.5 Å². The van der Waals surface area contributed by atoms with E-state index in [1.165, 1.54) is 11.0 Å². The fraction of sp³-hybridized carbons (Fsp3) is 0.500. The average Bonchev–Trinajstić information content (AvgIpc) is 2.96. The Labute approximate surface area is 142 Å². The largest absolute Gasteiger partial charge is 0.416 e. The van der Waals surface area contributed by atoms with Crippen LogP contribution in [0.25, 0.3) is 0 Å². The predicted molar refractivity (Wildman–Crippen MR) is 84.1 cm³/mol. The Kier molecular flexibility index (Phi) is 4.59. The quantitative estimate of drug-likeness (QED) is 0.887. The van der Waals surface area contributed by atoms with Gasteiger partial charge in [0.15, 0.2) is 0 Å². The molecule has 1 atom stereocenters. The summed E-state index contributed by atoms with van der Waals surface area (Å²) in [5, 5.41) is 0. The smallest absolute Gasteiger partial charge is 0.378 e. The third-order valence-electron chi connectivity index (χ3n) is 4.47. The van der Waals surface area contributed by atoms with Crippen molar-refractivity contribution in [3.8, 4) is 0 Å². The van der Waals surface area contributed by atoms with Gasteiger partial charge in [0, 0.05) is 26.1 Å². The Bertz CT molecular complexity index is 687. The van der Waals surface area contributed by atoms with Crippen LogP contribution in [0.5, 0.6) is 0 Å². The standard InChI is InChI=1S/C16H18F3N3O3/c17-16(18,19)11-1-2-12(21-3-5-25-6-4-21)13(8-11)22-9-10(15(20)24)7-14(22)23/h1-2,8,10H,3-7,9H2,(H2,20,24)/t10-/m1/s1. The van der Waals surface area contributed by atoms with Crippen LogP contribution in [0.15, 0.2) is 18.2 Å². The first kappa shape index (κ1) is 17.5. The van der Waals surface area contributed by atoms with Gasteiger partial charge in [0.1, 0.15) is 0 Å². The molecule has 1 aromatic rings. The van der Waals surface area contributed by atoms with Gasteiger partial charge in [-0.1, -0.05) is 0 Å². The number of hydrogen-bond donors (Lipinski definition) is 1. The number of morpholine rings is 1. The molecule has 0 saturated carbocycles. The number of carbonyl (C=O) groups excluding carboxylic acids is 2. The summed E-state index contributed by atoms with van der Waals surface area (Å²) >= 11 is 0. The second kappa shape index (κ2) is 6.55. The maximum absolute atomic E-state index is 13.1. The number of carbonyl (C=O) groups is 2. The van der Waals surface area contributed by atoms with Crippen LogP contribution < -0.4 is 15.5 Å². The number of alkyl halides is 3. The molecule has 0 aliphatic carbocycles. The number of halogens is 3. The summed E-state index contributed by atoms with van der Waals surface area (Å²) in [6, 6.07) is 3.33. The minimum Gasteiger partial charge on any atom is -0.378 e. The number of hydrogen-bond acceptors (Lipinski definition) is 4. The number of amides is 2. The summed E-state index contributed by atoms with van der Waals surface area (Å²) in [6.45, 7) is 1.93. The maximum atomic E-state index is 13.1. The van der Waals surface area contributed by atoms with E-state index in [1.54, 1.807) is 0 Å². The number of nitrogens with zero attached hydrogens (tertiary/aromatic N) is 2. The van der Waals surface area contributed by atoms with Gasteiger partial charge in [0.25, 0.3) is 0 Å². The molecule has 136 valence electrons. The second-order valence-corrected chi connectivity index (χ2v) is 6.11. The van der Waals surface area contributed by atoms with E-state index in [1.807, 2.05) is 4.90 Å². The van der Waals surface area contributed by atoms with E-state index in [0.717, 1.165) is 12.1 Å². The summed E-state index contributed by atoms with van der Waals surface area (Å²) < 4.78 is 44.6. The van der Waals surface area contributed by atoms with Crippen LogP contribution in [0.3, 0.4) is 0 Å². The van der Waals surface area contributed by atoms with E-state index < -0.39 is 29.5 Å². The lowest BCUT2D eigenvalue weighted by atomic mass is 10.1. The fourth-order valence-electron chi connectivity index (χ4n) is 3.12. The van der Waals surface area contributed by atoms with Crippen molar-refractivity contribution in [2.45, 2.75) is 12.6 Å². The maximum Gasteiger partial charge on any atom is 0.416 e. The number of ether oxygens (including phenoxy) is 1. The first-order valence-corrected chi connectivity index (χ1v) is 7.91. The molecule has 0 radical (unpaired) electrons. The van der Waals surface area contributed by atoms with Gasteiger partial charge in [-0.25, -0.2) is 0 Å². The van der Waals surface area contributed by atoms with Crippen molar-refractivity contribution in [1.29, 1.82) is 0 Å². The second-order valence-electron chi connectivity index (χ2n) is 6.11. The van der Waals surface area contributed by atoms with Crippen molar-refractivity contribution in [3.05, 3.63) is 23.8 Å². The van der Waals surface area contributed by atoms with Gasteiger partial charge in [0.05, 0.1) is 36.1 Å². The normalized spacial score (nSPS) is 21.7. The van der Waals surface area contributed by atoms with E-state index >= 15 is 0 Å².